The number of carboxylic acid groups (broad SMARTS) is 2. The predicted octanol–water partition coefficient (Wildman–Crippen LogP) is 1.95. The number of nitrogen functional groups attached to an aromatic ring is 2. The van der Waals surface area contributed by atoms with Crippen LogP contribution in [0.5, 0.6) is 0 Å². The van der Waals surface area contributed by atoms with Crippen molar-refractivity contribution in [3.05, 3.63) is 83.0 Å². The molecule has 1 atom stereocenters. The molecule has 9 N–H and O–H groups in total. The molecule has 38 heavy (non-hydrogen) atoms. The minimum absolute atomic E-state index is 0.00863. The summed E-state index contributed by atoms with van der Waals surface area (Å²) in [7, 11) is 0. The molecule has 0 aliphatic heterocycles. The first-order chi connectivity index (χ1) is 18.1. The van der Waals surface area contributed by atoms with Crippen LogP contribution in [0.15, 0.2) is 60.7 Å². The third kappa shape index (κ3) is 7.68. The highest BCUT2D eigenvalue weighted by Gasteiger charge is 2.21. The summed E-state index contributed by atoms with van der Waals surface area (Å²) in [6.07, 6.45) is 0.293. The summed E-state index contributed by atoms with van der Waals surface area (Å²) >= 11 is 0. The number of amides is 2. The van der Waals surface area contributed by atoms with Gasteiger partial charge in [-0.25, -0.2) is 14.6 Å². The Hall–Kier alpha value is -5.13. The van der Waals surface area contributed by atoms with Crippen LogP contribution in [0.3, 0.4) is 0 Å². The van der Waals surface area contributed by atoms with Gasteiger partial charge in [-0.1, -0.05) is 12.1 Å². The standard InChI is InChI=1S/C26H28N6O6/c27-16-12-18(31-22(28)13-16)14-30-17-9-7-15(8-10-17)23(33)32-21(26(37)38)6-3-11-29-24(34)19-4-1-2-5-20(19)25(35)36/h1-2,4-5,7-10,12-13,21,30H,3,6,11,14H2,(H,29,34)(H,32,33)(H,35,36)(H,37,38)(H4,27,28,31). The highest BCUT2D eigenvalue weighted by atomic mass is 16.4. The third-order valence-electron chi connectivity index (χ3n) is 5.50. The van der Waals surface area contributed by atoms with E-state index in [2.05, 4.69) is 20.9 Å². The number of hydrogen-bond acceptors (Lipinski definition) is 8. The molecule has 1 unspecified atom stereocenters. The van der Waals surface area contributed by atoms with Crippen LogP contribution in [0.2, 0.25) is 0 Å². The molecule has 12 heteroatoms. The molecule has 0 saturated heterocycles. The molecule has 0 aliphatic carbocycles. The van der Waals surface area contributed by atoms with Gasteiger partial charge in [0.1, 0.15) is 11.9 Å². The van der Waals surface area contributed by atoms with Gasteiger partial charge in [-0.05, 0) is 55.3 Å². The Morgan fingerprint density at radius 2 is 1.58 bits per heavy atom. The molecule has 3 aromatic rings. The van der Waals surface area contributed by atoms with Gasteiger partial charge in [0.15, 0.2) is 0 Å². The Labute approximate surface area is 218 Å². The van der Waals surface area contributed by atoms with Crippen molar-refractivity contribution in [1.82, 2.24) is 15.6 Å². The largest absolute Gasteiger partial charge is 0.480 e. The Morgan fingerprint density at radius 3 is 2.21 bits per heavy atom. The average Bonchev–Trinajstić information content (AvgIpc) is 2.88. The number of carbonyl (C=O) groups excluding carboxylic acids is 2. The van der Waals surface area contributed by atoms with Crippen molar-refractivity contribution in [3.8, 4) is 0 Å². The molecule has 1 heterocycles. The second-order valence-corrected chi connectivity index (χ2v) is 8.36. The number of nitrogens with zero attached hydrogens (tertiary/aromatic N) is 1. The maximum atomic E-state index is 12.6. The molecule has 0 fully saturated rings. The number of benzene rings is 2. The van der Waals surface area contributed by atoms with Crippen molar-refractivity contribution in [1.29, 1.82) is 0 Å². The highest BCUT2D eigenvalue weighted by Crippen LogP contribution is 2.14. The third-order valence-corrected chi connectivity index (χ3v) is 5.50. The number of carbonyl (C=O) groups is 4. The van der Waals surface area contributed by atoms with E-state index in [-0.39, 0.29) is 36.1 Å². The maximum absolute atomic E-state index is 12.6. The molecule has 0 saturated carbocycles. The maximum Gasteiger partial charge on any atom is 0.336 e. The molecule has 0 radical (unpaired) electrons. The molecular weight excluding hydrogens is 492 g/mol. The van der Waals surface area contributed by atoms with Crippen molar-refractivity contribution < 1.29 is 29.4 Å². The highest BCUT2D eigenvalue weighted by molar-refractivity contribution is 6.04. The lowest BCUT2D eigenvalue weighted by Gasteiger charge is -2.15. The molecule has 198 valence electrons. The summed E-state index contributed by atoms with van der Waals surface area (Å²) in [5, 5.41) is 26.9. The first-order valence-electron chi connectivity index (χ1n) is 11.6. The molecular formula is C26H28N6O6. The molecule has 0 bridgehead atoms. The minimum atomic E-state index is -1.23. The second-order valence-electron chi connectivity index (χ2n) is 8.36. The zero-order valence-electron chi connectivity index (χ0n) is 20.3. The van der Waals surface area contributed by atoms with Crippen molar-refractivity contribution in [2.24, 2.45) is 0 Å². The number of nitrogens with one attached hydrogen (secondary N) is 3. The van der Waals surface area contributed by atoms with Crippen molar-refractivity contribution in [2.75, 3.05) is 23.3 Å². The SMILES string of the molecule is Nc1cc(N)nc(CNc2ccc(C(=O)NC(CCCNC(=O)c3ccccc3C(=O)O)C(=O)O)cc2)c1. The number of aromatic nitrogens is 1. The molecule has 0 spiro atoms. The van der Waals surface area contributed by atoms with Crippen LogP contribution in [0.1, 0.15) is 49.6 Å². The zero-order chi connectivity index (χ0) is 27.7. The van der Waals surface area contributed by atoms with Crippen LogP contribution in [0.4, 0.5) is 17.2 Å². The van der Waals surface area contributed by atoms with Crippen LogP contribution in [0.25, 0.3) is 0 Å². The van der Waals surface area contributed by atoms with Gasteiger partial charge in [0.25, 0.3) is 11.8 Å². The number of pyridine rings is 1. The first kappa shape index (κ1) is 27.5. The quantitative estimate of drug-likeness (QED) is 0.173. The first-order valence-corrected chi connectivity index (χ1v) is 11.6. The van der Waals surface area contributed by atoms with E-state index in [4.69, 9.17) is 11.5 Å². The van der Waals surface area contributed by atoms with Crippen LogP contribution in [-0.2, 0) is 11.3 Å². The molecule has 2 aromatic carbocycles. The number of aliphatic carboxylic acids is 1. The molecule has 1 aromatic heterocycles. The van der Waals surface area contributed by atoms with Gasteiger partial charge in [0, 0.05) is 29.5 Å². The lowest BCUT2D eigenvalue weighted by atomic mass is 10.1. The van der Waals surface area contributed by atoms with Gasteiger partial charge in [-0.2, -0.15) is 0 Å². The normalized spacial score (nSPS) is 11.3. The minimum Gasteiger partial charge on any atom is -0.480 e. The second kappa shape index (κ2) is 12.7. The topological polar surface area (TPSA) is 210 Å². The number of carboxylic acids is 2. The Morgan fingerprint density at radius 1 is 0.895 bits per heavy atom. The van der Waals surface area contributed by atoms with Crippen LogP contribution < -0.4 is 27.4 Å². The van der Waals surface area contributed by atoms with E-state index < -0.39 is 29.8 Å². The van der Waals surface area contributed by atoms with Crippen molar-refractivity contribution in [2.45, 2.75) is 25.4 Å². The number of rotatable bonds is 12. The smallest absolute Gasteiger partial charge is 0.336 e. The summed E-state index contributed by atoms with van der Waals surface area (Å²) in [5.74, 6) is -3.27. The van der Waals surface area contributed by atoms with Crippen LogP contribution in [0, 0.1) is 0 Å². The molecule has 0 aliphatic rings. The monoisotopic (exact) mass is 520 g/mol. The van der Waals surface area contributed by atoms with Crippen LogP contribution >= 0.6 is 0 Å². The van der Waals surface area contributed by atoms with Gasteiger partial charge >= 0.3 is 11.9 Å². The molecule has 2 amide bonds. The summed E-state index contributed by atoms with van der Waals surface area (Å²) in [6, 6.07) is 14.3. The van der Waals surface area contributed by atoms with E-state index in [9.17, 15) is 29.4 Å². The van der Waals surface area contributed by atoms with E-state index in [1.807, 2.05) is 0 Å². The summed E-state index contributed by atoms with van der Waals surface area (Å²) < 4.78 is 0. The van der Waals surface area contributed by atoms with E-state index in [0.29, 0.717) is 29.4 Å². The average molecular weight is 521 g/mol. The van der Waals surface area contributed by atoms with E-state index in [0.717, 1.165) is 0 Å². The summed E-state index contributed by atoms with van der Waals surface area (Å²) in [5.41, 5.74) is 13.5. The number of aromatic carboxylic acids is 1. The fraction of sp³-hybridized carbons (Fsp3) is 0.192. The lowest BCUT2D eigenvalue weighted by Crippen LogP contribution is -2.41. The number of nitrogens with two attached hydrogens (primary N) is 2. The summed E-state index contributed by atoms with van der Waals surface area (Å²) in [4.78, 5) is 52.0. The Balaban J connectivity index is 1.49. The Bertz CT molecular complexity index is 1310. The van der Waals surface area contributed by atoms with Crippen LogP contribution in [-0.4, -0.2) is 51.5 Å². The van der Waals surface area contributed by atoms with Gasteiger partial charge in [-0.15, -0.1) is 0 Å². The lowest BCUT2D eigenvalue weighted by molar-refractivity contribution is -0.139. The molecule has 12 nitrogen and oxygen atoms in total. The summed E-state index contributed by atoms with van der Waals surface area (Å²) in [6.45, 7) is 0.459. The van der Waals surface area contributed by atoms with E-state index in [1.165, 1.54) is 18.2 Å². The zero-order valence-corrected chi connectivity index (χ0v) is 20.3. The van der Waals surface area contributed by atoms with E-state index >= 15 is 0 Å². The van der Waals surface area contributed by atoms with Gasteiger partial charge in [-0.3, -0.25) is 9.59 Å². The number of hydrogen-bond donors (Lipinski definition) is 7. The van der Waals surface area contributed by atoms with Gasteiger partial charge in [0.05, 0.1) is 23.4 Å². The van der Waals surface area contributed by atoms with Crippen molar-refractivity contribution in [3.63, 3.8) is 0 Å². The van der Waals surface area contributed by atoms with Gasteiger partial charge in [0.2, 0.25) is 0 Å². The Kier molecular flexibility index (Phi) is 9.19. The predicted molar refractivity (Wildman–Crippen MR) is 141 cm³/mol. The fourth-order valence-corrected chi connectivity index (χ4v) is 3.63. The number of anilines is 3. The van der Waals surface area contributed by atoms with Gasteiger partial charge < -0.3 is 37.6 Å². The molecule has 3 rings (SSSR count). The fourth-order valence-electron chi connectivity index (χ4n) is 3.63. The van der Waals surface area contributed by atoms with E-state index in [1.54, 1.807) is 42.5 Å². The van der Waals surface area contributed by atoms with Crippen molar-refractivity contribution >= 4 is 40.9 Å².